The minimum atomic E-state index is -1.79. The average molecular weight is 376 g/mol. The summed E-state index contributed by atoms with van der Waals surface area (Å²) >= 11 is 0. The molecule has 2 aliphatic rings. The molecule has 9 heteroatoms. The molecule has 2 aliphatic carbocycles. The van der Waals surface area contributed by atoms with E-state index in [1.54, 1.807) is 36.7 Å². The van der Waals surface area contributed by atoms with Gasteiger partial charge in [-0.1, -0.05) is 23.1 Å². The van der Waals surface area contributed by atoms with Crippen LogP contribution in [0.2, 0.25) is 0 Å². The fraction of sp³-hybridized carbons (Fsp3) is 0.100. The Morgan fingerprint density at radius 1 is 0.759 bits per heavy atom. The van der Waals surface area contributed by atoms with E-state index < -0.39 is 11.5 Å². The van der Waals surface area contributed by atoms with Gasteiger partial charge in [-0.15, -0.1) is 10.9 Å². The Hall–Kier alpha value is -2.92. The Morgan fingerprint density at radius 3 is 1.59 bits per heavy atom. The molecule has 0 aliphatic heterocycles. The second kappa shape index (κ2) is 5.80. The van der Waals surface area contributed by atoms with Crippen LogP contribution < -0.4 is 21.9 Å². The lowest BCUT2D eigenvalue weighted by Gasteiger charge is -2.29. The molecule has 2 aromatic heterocycles. The van der Waals surface area contributed by atoms with Crippen LogP contribution in [0.25, 0.3) is 11.4 Å². The highest BCUT2D eigenvalue weighted by atomic mass is 16.3. The van der Waals surface area contributed by atoms with Crippen molar-refractivity contribution in [2.45, 2.75) is 5.60 Å². The van der Waals surface area contributed by atoms with E-state index in [1.807, 2.05) is 31.4 Å². The monoisotopic (exact) mass is 376 g/mol. The summed E-state index contributed by atoms with van der Waals surface area (Å²) in [7, 11) is 7.67. The number of fused-ring (bicyclic) bond motifs is 4. The van der Waals surface area contributed by atoms with Gasteiger partial charge in [0.25, 0.3) is 0 Å². The fourth-order valence-corrected chi connectivity index (χ4v) is 4.97. The van der Waals surface area contributed by atoms with Gasteiger partial charge >= 0.3 is 0 Å². The summed E-state index contributed by atoms with van der Waals surface area (Å²) in [5.41, 5.74) is 4.66. The molecule has 0 atom stereocenters. The molecule has 1 aromatic carbocycles. The highest BCUT2D eigenvalue weighted by molar-refractivity contribution is 6.66. The van der Waals surface area contributed by atoms with Gasteiger partial charge in [0.2, 0.25) is 0 Å². The van der Waals surface area contributed by atoms with E-state index >= 15 is 0 Å². The zero-order valence-corrected chi connectivity index (χ0v) is 16.7. The zero-order chi connectivity index (χ0) is 20.7. The smallest absolute Gasteiger partial charge is 0.177 e. The second-order valence-corrected chi connectivity index (χ2v) is 7.98. The van der Waals surface area contributed by atoms with E-state index in [0.29, 0.717) is 33.6 Å². The van der Waals surface area contributed by atoms with Crippen LogP contribution in [0.1, 0.15) is 31.8 Å². The summed E-state index contributed by atoms with van der Waals surface area (Å²) in [6.45, 7) is 0. The topological polar surface area (TPSA) is 80.2 Å². The third-order valence-corrected chi connectivity index (χ3v) is 6.78. The van der Waals surface area contributed by atoms with Crippen molar-refractivity contribution < 1.29 is 14.7 Å². The maximum atomic E-state index is 13.6. The van der Waals surface area contributed by atoms with Crippen LogP contribution in [0, 0.1) is 5.92 Å². The fourth-order valence-electron chi connectivity index (χ4n) is 4.97. The van der Waals surface area contributed by atoms with E-state index in [2.05, 4.69) is 9.97 Å². The number of hydrogen-bond acceptors (Lipinski definition) is 5. The standard InChI is InChI=1S/C20H16B4N2O3/c21-12-9-10(13(22)15(24)14(12)23)19(28)11(18(9)27)20(29)7-3-1-5-25-16(7)17-8(20)4-2-6-26-17/h1-6,11,29H,21-24H2. The zero-order valence-electron chi connectivity index (χ0n) is 16.7. The lowest BCUT2D eigenvalue weighted by atomic mass is 9.63. The molecule has 0 amide bonds. The third-order valence-electron chi connectivity index (χ3n) is 6.78. The van der Waals surface area contributed by atoms with Crippen LogP contribution in [0.3, 0.4) is 0 Å². The van der Waals surface area contributed by atoms with Crippen LogP contribution in [0.4, 0.5) is 0 Å². The van der Waals surface area contributed by atoms with Crippen LogP contribution in [0.15, 0.2) is 36.7 Å². The molecule has 0 bridgehead atoms. The largest absolute Gasteiger partial charge is 0.379 e. The lowest BCUT2D eigenvalue weighted by molar-refractivity contribution is 0.0252. The maximum absolute atomic E-state index is 13.6. The molecule has 0 fully saturated rings. The predicted octanol–water partition coefficient (Wildman–Crippen LogP) is -4.58. The number of rotatable bonds is 1. The minimum Gasteiger partial charge on any atom is -0.379 e. The molecule has 29 heavy (non-hydrogen) atoms. The quantitative estimate of drug-likeness (QED) is 0.342. The van der Waals surface area contributed by atoms with Crippen molar-refractivity contribution >= 4 is 64.8 Å². The molecule has 5 rings (SSSR count). The first-order chi connectivity index (χ1) is 13.8. The Balaban J connectivity index is 1.82. The molecule has 136 valence electrons. The van der Waals surface area contributed by atoms with E-state index in [9.17, 15) is 14.7 Å². The van der Waals surface area contributed by atoms with E-state index in [1.165, 1.54) is 0 Å². The Kier molecular flexibility index (Phi) is 3.62. The average Bonchev–Trinajstić information content (AvgIpc) is 3.14. The molecular weight excluding hydrogens is 359 g/mol. The molecular formula is C20H16B4N2O3. The summed E-state index contributed by atoms with van der Waals surface area (Å²) in [6, 6.07) is 6.86. The SMILES string of the molecule is Bc1c(B)c(B)c2c(c1B)C(=O)C(C1(O)c3cccnc3-c3ncccc31)C2=O. The number of hydrogen-bond donors (Lipinski definition) is 1. The van der Waals surface area contributed by atoms with Crippen LogP contribution in [-0.4, -0.2) is 58.0 Å². The van der Waals surface area contributed by atoms with Gasteiger partial charge in [0.05, 0.1) is 11.4 Å². The number of pyridine rings is 2. The first-order valence-corrected chi connectivity index (χ1v) is 9.62. The number of ketones is 2. The van der Waals surface area contributed by atoms with Gasteiger partial charge < -0.3 is 5.11 Å². The molecule has 2 heterocycles. The molecule has 3 aromatic rings. The van der Waals surface area contributed by atoms with E-state index in [-0.39, 0.29) is 11.6 Å². The minimum absolute atomic E-state index is 0.331. The van der Waals surface area contributed by atoms with Gasteiger partial charge in [-0.3, -0.25) is 19.6 Å². The normalized spacial score (nSPS) is 16.6. The van der Waals surface area contributed by atoms with Gasteiger partial charge in [-0.2, -0.15) is 0 Å². The molecule has 1 N–H and O–H groups in total. The summed E-state index contributed by atoms with van der Waals surface area (Å²) in [4.78, 5) is 36.0. The Bertz CT molecular complexity index is 1180. The molecule has 0 saturated carbocycles. The molecule has 0 spiro atoms. The van der Waals surface area contributed by atoms with Gasteiger partial charge in [-0.25, -0.2) is 0 Å². The number of carbonyl (C=O) groups excluding carboxylic acids is 2. The maximum Gasteiger partial charge on any atom is 0.177 e. The first kappa shape index (κ1) is 18.1. The summed E-state index contributed by atoms with van der Waals surface area (Å²) in [5.74, 6) is -1.91. The van der Waals surface area contributed by atoms with Crippen LogP contribution in [0.5, 0.6) is 0 Å². The molecule has 0 unspecified atom stereocenters. The van der Waals surface area contributed by atoms with Gasteiger partial charge in [-0.05, 0) is 12.1 Å². The first-order valence-electron chi connectivity index (χ1n) is 9.62. The number of aliphatic hydroxyl groups is 1. The van der Waals surface area contributed by atoms with E-state index in [0.717, 1.165) is 21.9 Å². The Labute approximate surface area is 171 Å². The Morgan fingerprint density at radius 2 is 1.17 bits per heavy atom. The van der Waals surface area contributed by atoms with Gasteiger partial charge in [0.15, 0.2) is 11.6 Å². The molecule has 0 radical (unpaired) electrons. The van der Waals surface area contributed by atoms with Crippen molar-refractivity contribution in [2.75, 3.05) is 0 Å². The third kappa shape index (κ3) is 2.03. The van der Waals surface area contributed by atoms with Crippen molar-refractivity contribution in [2.24, 2.45) is 5.92 Å². The molecule has 0 saturated heterocycles. The second-order valence-electron chi connectivity index (χ2n) is 7.98. The van der Waals surface area contributed by atoms with Crippen molar-refractivity contribution in [3.63, 3.8) is 0 Å². The number of aromatic nitrogens is 2. The number of carbonyl (C=O) groups is 2. The van der Waals surface area contributed by atoms with Crippen molar-refractivity contribution in [1.82, 2.24) is 9.97 Å². The van der Waals surface area contributed by atoms with Crippen LogP contribution >= 0.6 is 0 Å². The van der Waals surface area contributed by atoms with Crippen LogP contribution in [-0.2, 0) is 5.60 Å². The van der Waals surface area contributed by atoms with E-state index in [4.69, 9.17) is 0 Å². The van der Waals surface area contributed by atoms with Crippen molar-refractivity contribution in [3.05, 3.63) is 58.9 Å². The van der Waals surface area contributed by atoms with Gasteiger partial charge in [0, 0.05) is 34.6 Å². The number of nitrogens with zero attached hydrogens (tertiary/aromatic N) is 2. The molecule has 5 nitrogen and oxygen atoms in total. The predicted molar refractivity (Wildman–Crippen MR) is 122 cm³/mol. The number of benzene rings is 1. The highest BCUT2D eigenvalue weighted by Crippen LogP contribution is 2.52. The summed E-state index contributed by atoms with van der Waals surface area (Å²) in [5, 5.41) is 12.0. The summed E-state index contributed by atoms with van der Waals surface area (Å²) < 4.78 is 0. The summed E-state index contributed by atoms with van der Waals surface area (Å²) in [6.07, 6.45) is 3.24. The van der Waals surface area contributed by atoms with Crippen molar-refractivity contribution in [3.8, 4) is 11.4 Å². The van der Waals surface area contributed by atoms with Crippen molar-refractivity contribution in [1.29, 1.82) is 0 Å². The number of Topliss-reactive ketones (excluding diaryl/α,β-unsaturated/α-hetero) is 2. The lowest BCUT2D eigenvalue weighted by Crippen LogP contribution is -2.50. The highest BCUT2D eigenvalue weighted by Gasteiger charge is 2.58. The van der Waals surface area contributed by atoms with Gasteiger partial charge in [0.1, 0.15) is 42.9 Å².